The molecule has 0 spiro atoms. The van der Waals surface area contributed by atoms with Gasteiger partial charge in [0.1, 0.15) is 11.6 Å². The first kappa shape index (κ1) is 15.4. The Morgan fingerprint density at radius 1 is 1.10 bits per heavy atom. The van der Waals surface area contributed by atoms with Crippen LogP contribution in [0.15, 0.2) is 32.3 Å². The number of rotatable bonds is 3. The van der Waals surface area contributed by atoms with Gasteiger partial charge < -0.3 is 5.32 Å². The Morgan fingerprint density at radius 3 is 2.43 bits per heavy atom. The minimum Gasteiger partial charge on any atom is -0.377 e. The van der Waals surface area contributed by atoms with Gasteiger partial charge in [-0.2, -0.15) is 0 Å². The van der Waals surface area contributed by atoms with Crippen molar-refractivity contribution in [3.63, 3.8) is 0 Å². The van der Waals surface area contributed by atoms with Gasteiger partial charge in [0.25, 0.3) is 5.56 Å². The summed E-state index contributed by atoms with van der Waals surface area (Å²) in [5, 5.41) is 2.73. The van der Waals surface area contributed by atoms with E-state index in [-0.39, 0.29) is 16.7 Å². The molecule has 0 aliphatic rings. The van der Waals surface area contributed by atoms with Crippen molar-refractivity contribution in [2.24, 2.45) is 14.1 Å². The van der Waals surface area contributed by atoms with Gasteiger partial charge in [0.15, 0.2) is 0 Å². The van der Waals surface area contributed by atoms with Gasteiger partial charge in [0.05, 0.1) is 16.7 Å². The Bertz CT molecular complexity index is 814. The molecule has 21 heavy (non-hydrogen) atoms. The number of nitrogens with one attached hydrogen (secondary N) is 1. The van der Waals surface area contributed by atoms with E-state index >= 15 is 0 Å². The van der Waals surface area contributed by atoms with Crippen molar-refractivity contribution in [3.05, 3.63) is 60.8 Å². The van der Waals surface area contributed by atoms with E-state index in [1.54, 1.807) is 0 Å². The molecule has 0 aliphatic heterocycles. The van der Waals surface area contributed by atoms with E-state index in [1.807, 2.05) is 0 Å². The van der Waals surface area contributed by atoms with Crippen LogP contribution >= 0.6 is 15.9 Å². The van der Waals surface area contributed by atoms with Crippen molar-refractivity contribution < 1.29 is 8.78 Å². The maximum atomic E-state index is 13.6. The summed E-state index contributed by atoms with van der Waals surface area (Å²) in [5.41, 5.74) is -0.463. The predicted molar refractivity (Wildman–Crippen MR) is 78.3 cm³/mol. The molecule has 1 heterocycles. The maximum absolute atomic E-state index is 13.6. The first-order valence-corrected chi connectivity index (χ1v) is 6.75. The lowest BCUT2D eigenvalue weighted by Crippen LogP contribution is -2.38. The molecular weight excluding hydrogens is 348 g/mol. The third-order valence-electron chi connectivity index (χ3n) is 3.10. The van der Waals surface area contributed by atoms with E-state index in [4.69, 9.17) is 0 Å². The fourth-order valence-electron chi connectivity index (χ4n) is 1.79. The third kappa shape index (κ3) is 3.05. The van der Waals surface area contributed by atoms with Crippen molar-refractivity contribution in [1.82, 2.24) is 9.13 Å². The Labute approximate surface area is 127 Å². The molecule has 1 aromatic carbocycles. The third-order valence-corrected chi connectivity index (χ3v) is 3.70. The quantitative estimate of drug-likeness (QED) is 0.849. The van der Waals surface area contributed by atoms with Crippen LogP contribution in [-0.2, 0) is 20.6 Å². The maximum Gasteiger partial charge on any atom is 0.330 e. The zero-order chi connectivity index (χ0) is 15.7. The van der Waals surface area contributed by atoms with Gasteiger partial charge >= 0.3 is 5.69 Å². The van der Waals surface area contributed by atoms with Crippen LogP contribution in [0.3, 0.4) is 0 Å². The average molecular weight is 360 g/mol. The minimum atomic E-state index is -0.760. The molecule has 1 N–H and O–H groups in total. The normalized spacial score (nSPS) is 10.7. The molecule has 0 amide bonds. The lowest BCUT2D eigenvalue weighted by molar-refractivity contribution is 0.580. The Balaban J connectivity index is 2.31. The summed E-state index contributed by atoms with van der Waals surface area (Å²) < 4.78 is 29.1. The second kappa shape index (κ2) is 5.80. The fourth-order valence-corrected chi connectivity index (χ4v) is 2.14. The van der Waals surface area contributed by atoms with Gasteiger partial charge in [0.2, 0.25) is 0 Å². The largest absolute Gasteiger partial charge is 0.377 e. The van der Waals surface area contributed by atoms with Gasteiger partial charge in [-0.25, -0.2) is 13.6 Å². The molecule has 0 saturated carbocycles. The number of anilines is 1. The van der Waals surface area contributed by atoms with Crippen LogP contribution in [0.4, 0.5) is 14.5 Å². The molecular formula is C13H12BrF2N3O2. The molecule has 1 aromatic heterocycles. The van der Waals surface area contributed by atoms with Crippen molar-refractivity contribution in [3.8, 4) is 0 Å². The van der Waals surface area contributed by atoms with Gasteiger partial charge in [-0.05, 0) is 22.0 Å². The topological polar surface area (TPSA) is 56.0 Å². The average Bonchev–Trinajstić information content (AvgIpc) is 2.44. The fraction of sp³-hybridized carbons (Fsp3) is 0.231. The summed E-state index contributed by atoms with van der Waals surface area (Å²) in [6.45, 7) is 0.0524. The molecule has 112 valence electrons. The number of hydrogen-bond donors (Lipinski definition) is 1. The monoisotopic (exact) mass is 359 g/mol. The molecule has 8 heteroatoms. The van der Waals surface area contributed by atoms with E-state index in [0.29, 0.717) is 5.69 Å². The van der Waals surface area contributed by atoms with Crippen molar-refractivity contribution in [2.75, 3.05) is 5.32 Å². The second-order valence-corrected chi connectivity index (χ2v) is 5.33. The minimum absolute atomic E-state index is 0.0524. The van der Waals surface area contributed by atoms with Crippen LogP contribution in [0.2, 0.25) is 0 Å². The van der Waals surface area contributed by atoms with Crippen LogP contribution in [0.5, 0.6) is 0 Å². The summed E-state index contributed by atoms with van der Waals surface area (Å²) in [6.07, 6.45) is 0. The first-order valence-electron chi connectivity index (χ1n) is 5.95. The number of nitrogens with zero attached hydrogens (tertiary/aromatic N) is 2. The van der Waals surface area contributed by atoms with Crippen LogP contribution in [0.25, 0.3) is 0 Å². The molecule has 5 nitrogen and oxygen atoms in total. The zero-order valence-corrected chi connectivity index (χ0v) is 12.9. The first-order chi connectivity index (χ1) is 9.81. The SMILES string of the molecule is Cn1c(CNc2cc(Br)c(F)cc2F)cc(=O)n(C)c1=O. The lowest BCUT2D eigenvalue weighted by atomic mass is 10.3. The summed E-state index contributed by atoms with van der Waals surface area (Å²) in [5.74, 6) is -1.47. The van der Waals surface area contributed by atoms with Gasteiger partial charge in [-0.1, -0.05) is 0 Å². The lowest BCUT2D eigenvalue weighted by Gasteiger charge is -2.12. The highest BCUT2D eigenvalue weighted by atomic mass is 79.9. The number of benzene rings is 1. The van der Waals surface area contributed by atoms with E-state index in [0.717, 1.165) is 10.6 Å². The van der Waals surface area contributed by atoms with Crippen molar-refractivity contribution in [2.45, 2.75) is 6.54 Å². The zero-order valence-electron chi connectivity index (χ0n) is 11.3. The molecule has 0 atom stereocenters. The summed E-state index contributed by atoms with van der Waals surface area (Å²) in [7, 11) is 2.88. The van der Waals surface area contributed by atoms with Crippen LogP contribution < -0.4 is 16.6 Å². The molecule has 0 bridgehead atoms. The molecule has 0 radical (unpaired) electrons. The van der Waals surface area contributed by atoms with E-state index in [2.05, 4.69) is 21.2 Å². The molecule has 0 fully saturated rings. The van der Waals surface area contributed by atoms with Crippen molar-refractivity contribution in [1.29, 1.82) is 0 Å². The van der Waals surface area contributed by atoms with Gasteiger partial charge in [-0.15, -0.1) is 0 Å². The predicted octanol–water partition coefficient (Wildman–Crippen LogP) is 1.74. The highest BCUT2D eigenvalue weighted by Crippen LogP contribution is 2.23. The van der Waals surface area contributed by atoms with Crippen LogP contribution in [0, 0.1) is 11.6 Å². The van der Waals surface area contributed by atoms with Gasteiger partial charge in [-0.3, -0.25) is 13.9 Å². The Hall–Kier alpha value is -1.96. The van der Waals surface area contributed by atoms with E-state index in [1.165, 1.54) is 30.8 Å². The van der Waals surface area contributed by atoms with Gasteiger partial charge in [0, 0.05) is 31.9 Å². The van der Waals surface area contributed by atoms with E-state index < -0.39 is 22.9 Å². The molecule has 0 aliphatic carbocycles. The Kier molecular flexibility index (Phi) is 4.26. The molecule has 2 aromatic rings. The summed E-state index contributed by atoms with van der Waals surface area (Å²) >= 11 is 2.96. The highest BCUT2D eigenvalue weighted by molar-refractivity contribution is 9.10. The molecule has 2 rings (SSSR count). The van der Waals surface area contributed by atoms with Crippen molar-refractivity contribution >= 4 is 21.6 Å². The standard InChI is InChI=1S/C13H12BrF2N3O2/c1-18-7(3-12(20)19(2)13(18)21)6-17-11-4-8(14)9(15)5-10(11)16/h3-5,17H,6H2,1-2H3. The smallest absolute Gasteiger partial charge is 0.330 e. The second-order valence-electron chi connectivity index (χ2n) is 4.47. The number of halogens is 3. The number of hydrogen-bond acceptors (Lipinski definition) is 3. The summed E-state index contributed by atoms with van der Waals surface area (Å²) in [6, 6.07) is 3.28. The Morgan fingerprint density at radius 2 is 1.76 bits per heavy atom. The molecule has 0 saturated heterocycles. The summed E-state index contributed by atoms with van der Waals surface area (Å²) in [4.78, 5) is 23.3. The van der Waals surface area contributed by atoms with Crippen LogP contribution in [0.1, 0.15) is 5.69 Å². The highest BCUT2D eigenvalue weighted by Gasteiger charge is 2.10. The van der Waals surface area contributed by atoms with Crippen LogP contribution in [-0.4, -0.2) is 9.13 Å². The molecule has 0 unspecified atom stereocenters. The number of aromatic nitrogens is 2. The van der Waals surface area contributed by atoms with E-state index in [9.17, 15) is 18.4 Å².